The summed E-state index contributed by atoms with van der Waals surface area (Å²) in [6.45, 7) is 1.45. The van der Waals surface area contributed by atoms with Gasteiger partial charge < -0.3 is 9.84 Å². The summed E-state index contributed by atoms with van der Waals surface area (Å²) < 4.78 is 5.22. The first-order valence-electron chi connectivity index (χ1n) is 6.73. The zero-order chi connectivity index (χ0) is 16.1. The summed E-state index contributed by atoms with van der Waals surface area (Å²) in [5, 5.41) is 9.41. The molecular weight excluding hydrogens is 304 g/mol. The Morgan fingerprint density at radius 1 is 1.09 bits per heavy atom. The third kappa shape index (κ3) is 4.33. The average molecular weight is 319 g/mol. The third-order valence-corrected chi connectivity index (χ3v) is 3.37. The molecule has 1 atom stereocenters. The quantitative estimate of drug-likeness (QED) is 0.826. The highest BCUT2D eigenvalue weighted by atomic mass is 35.5. The van der Waals surface area contributed by atoms with Crippen LogP contribution >= 0.6 is 11.6 Å². The van der Waals surface area contributed by atoms with Crippen LogP contribution in [0.2, 0.25) is 5.02 Å². The maximum Gasteiger partial charge on any atom is 0.344 e. The predicted octanol–water partition coefficient (Wildman–Crippen LogP) is 3.62. The van der Waals surface area contributed by atoms with E-state index >= 15 is 0 Å². The Balaban J connectivity index is 2.01. The highest BCUT2D eigenvalue weighted by Gasteiger charge is 2.13. The van der Waals surface area contributed by atoms with Gasteiger partial charge in [-0.05, 0) is 48.9 Å². The molecule has 114 valence electrons. The van der Waals surface area contributed by atoms with Crippen molar-refractivity contribution in [1.82, 2.24) is 0 Å². The van der Waals surface area contributed by atoms with Crippen LogP contribution in [0.4, 0.5) is 0 Å². The van der Waals surface area contributed by atoms with E-state index in [0.717, 1.165) is 5.56 Å². The van der Waals surface area contributed by atoms with Crippen molar-refractivity contribution < 1.29 is 19.4 Å². The molecule has 22 heavy (non-hydrogen) atoms. The molecule has 0 saturated carbocycles. The molecule has 0 fully saturated rings. The lowest BCUT2D eigenvalue weighted by Gasteiger charge is -2.10. The predicted molar refractivity (Wildman–Crippen MR) is 83.7 cm³/mol. The molecule has 0 aliphatic rings. The van der Waals surface area contributed by atoms with Crippen LogP contribution < -0.4 is 4.74 Å². The van der Waals surface area contributed by atoms with Crippen LogP contribution in [-0.2, 0) is 11.2 Å². The molecule has 2 aromatic rings. The summed E-state index contributed by atoms with van der Waals surface area (Å²) in [4.78, 5) is 22.9. The molecule has 0 amide bonds. The van der Waals surface area contributed by atoms with E-state index in [-0.39, 0.29) is 12.2 Å². The number of carbonyl (C=O) groups is 2. The smallest absolute Gasteiger partial charge is 0.344 e. The minimum atomic E-state index is -1.04. The van der Waals surface area contributed by atoms with Crippen molar-refractivity contribution in [3.63, 3.8) is 0 Å². The molecular formula is C17H15ClO4. The zero-order valence-corrected chi connectivity index (χ0v) is 12.7. The van der Waals surface area contributed by atoms with Crippen molar-refractivity contribution in [3.05, 3.63) is 64.7 Å². The number of aliphatic carboxylic acids is 1. The van der Waals surface area contributed by atoms with Gasteiger partial charge in [0.05, 0.1) is 0 Å². The molecule has 5 heteroatoms. The van der Waals surface area contributed by atoms with E-state index in [1.807, 2.05) is 12.1 Å². The fraction of sp³-hybridized carbons (Fsp3) is 0.176. The first-order valence-corrected chi connectivity index (χ1v) is 7.10. The molecule has 0 aliphatic heterocycles. The fourth-order valence-electron chi connectivity index (χ4n) is 1.86. The van der Waals surface area contributed by atoms with Crippen molar-refractivity contribution in [2.75, 3.05) is 0 Å². The zero-order valence-electron chi connectivity index (χ0n) is 12.0. The molecule has 0 radical (unpaired) electrons. The highest BCUT2D eigenvalue weighted by molar-refractivity contribution is 6.30. The van der Waals surface area contributed by atoms with Gasteiger partial charge in [-0.25, -0.2) is 4.79 Å². The van der Waals surface area contributed by atoms with E-state index in [1.165, 1.54) is 6.92 Å². The van der Waals surface area contributed by atoms with Crippen molar-refractivity contribution in [1.29, 1.82) is 0 Å². The van der Waals surface area contributed by atoms with Gasteiger partial charge in [0.1, 0.15) is 5.75 Å². The normalized spacial score (nSPS) is 11.7. The molecule has 0 aromatic heterocycles. The molecule has 0 aliphatic carbocycles. The van der Waals surface area contributed by atoms with E-state index in [0.29, 0.717) is 16.3 Å². The number of ketones is 1. The van der Waals surface area contributed by atoms with E-state index < -0.39 is 12.1 Å². The van der Waals surface area contributed by atoms with Crippen LogP contribution in [0.25, 0.3) is 0 Å². The number of carbonyl (C=O) groups excluding carboxylic acids is 1. The van der Waals surface area contributed by atoms with Gasteiger partial charge in [0.2, 0.25) is 0 Å². The second-order valence-electron chi connectivity index (χ2n) is 4.85. The summed E-state index contributed by atoms with van der Waals surface area (Å²) in [7, 11) is 0. The van der Waals surface area contributed by atoms with Gasteiger partial charge in [0.25, 0.3) is 0 Å². The van der Waals surface area contributed by atoms with E-state index in [4.69, 9.17) is 21.4 Å². The topological polar surface area (TPSA) is 63.6 Å². The van der Waals surface area contributed by atoms with Crippen molar-refractivity contribution in [2.45, 2.75) is 19.4 Å². The number of halogens is 1. The van der Waals surface area contributed by atoms with Crippen LogP contribution in [0.3, 0.4) is 0 Å². The van der Waals surface area contributed by atoms with Gasteiger partial charge in [-0.1, -0.05) is 23.7 Å². The van der Waals surface area contributed by atoms with Gasteiger partial charge >= 0.3 is 5.97 Å². The highest BCUT2D eigenvalue weighted by Crippen LogP contribution is 2.16. The lowest BCUT2D eigenvalue weighted by atomic mass is 10.0. The number of carboxylic acid groups (broad SMARTS) is 1. The number of benzene rings is 2. The Hall–Kier alpha value is -2.33. The van der Waals surface area contributed by atoms with Crippen LogP contribution in [0.5, 0.6) is 5.75 Å². The van der Waals surface area contributed by atoms with Crippen molar-refractivity contribution in [3.8, 4) is 5.75 Å². The van der Waals surface area contributed by atoms with E-state index in [1.54, 1.807) is 36.4 Å². The average Bonchev–Trinajstić information content (AvgIpc) is 2.50. The Kier molecular flexibility index (Phi) is 5.17. The van der Waals surface area contributed by atoms with E-state index in [9.17, 15) is 9.59 Å². The number of carboxylic acids is 1. The Labute approximate surface area is 133 Å². The van der Waals surface area contributed by atoms with Gasteiger partial charge in [0, 0.05) is 17.0 Å². The molecule has 0 heterocycles. The molecule has 2 rings (SSSR count). The van der Waals surface area contributed by atoms with Gasteiger partial charge in [0.15, 0.2) is 11.9 Å². The third-order valence-electron chi connectivity index (χ3n) is 3.11. The molecule has 0 spiro atoms. The number of ether oxygens (including phenoxy) is 1. The van der Waals surface area contributed by atoms with Crippen LogP contribution in [0.1, 0.15) is 22.8 Å². The summed E-state index contributed by atoms with van der Waals surface area (Å²) in [5.74, 6) is -0.652. The molecule has 1 unspecified atom stereocenters. The van der Waals surface area contributed by atoms with E-state index in [2.05, 4.69) is 0 Å². The largest absolute Gasteiger partial charge is 0.479 e. The fourth-order valence-corrected chi connectivity index (χ4v) is 1.99. The van der Waals surface area contributed by atoms with Crippen LogP contribution in [0.15, 0.2) is 48.5 Å². The van der Waals surface area contributed by atoms with Crippen molar-refractivity contribution >= 4 is 23.4 Å². The minimum absolute atomic E-state index is 0.0276. The summed E-state index contributed by atoms with van der Waals surface area (Å²) in [5.41, 5.74) is 1.43. The first kappa shape index (κ1) is 16.0. The minimum Gasteiger partial charge on any atom is -0.479 e. The Morgan fingerprint density at radius 3 is 2.23 bits per heavy atom. The maximum absolute atomic E-state index is 12.2. The lowest BCUT2D eigenvalue weighted by molar-refractivity contribution is -0.144. The molecule has 1 N–H and O–H groups in total. The first-order chi connectivity index (χ1) is 10.5. The molecule has 2 aromatic carbocycles. The number of Topliss-reactive ketones (excluding diaryl/α,β-unsaturated/α-hetero) is 1. The Bertz CT molecular complexity index is 662. The molecule has 4 nitrogen and oxygen atoms in total. The second-order valence-corrected chi connectivity index (χ2v) is 5.29. The summed E-state index contributed by atoms with van der Waals surface area (Å²) in [6.07, 6.45) is -0.654. The lowest BCUT2D eigenvalue weighted by Crippen LogP contribution is -2.22. The van der Waals surface area contributed by atoms with Crippen LogP contribution in [-0.4, -0.2) is 23.0 Å². The number of hydrogen-bond acceptors (Lipinski definition) is 3. The van der Waals surface area contributed by atoms with Crippen LogP contribution in [0, 0.1) is 0 Å². The van der Waals surface area contributed by atoms with Crippen molar-refractivity contribution in [2.24, 2.45) is 0 Å². The van der Waals surface area contributed by atoms with Gasteiger partial charge in [-0.15, -0.1) is 0 Å². The number of hydrogen-bond donors (Lipinski definition) is 1. The SMILES string of the molecule is CC(Oc1ccc(C(=O)Cc2ccc(Cl)cc2)cc1)C(=O)O. The van der Waals surface area contributed by atoms with Gasteiger partial charge in [-0.2, -0.15) is 0 Å². The standard InChI is InChI=1S/C17H15ClO4/c1-11(17(20)21)22-15-8-4-13(5-9-15)16(19)10-12-2-6-14(18)7-3-12/h2-9,11H,10H2,1H3,(H,20,21). The van der Waals surface area contributed by atoms with Gasteiger partial charge in [-0.3, -0.25) is 4.79 Å². The monoisotopic (exact) mass is 318 g/mol. The molecule has 0 saturated heterocycles. The molecule has 0 bridgehead atoms. The second kappa shape index (κ2) is 7.09. The number of rotatable bonds is 6. The summed E-state index contributed by atoms with van der Waals surface area (Å²) in [6, 6.07) is 13.6. The Morgan fingerprint density at radius 2 is 1.68 bits per heavy atom. The maximum atomic E-state index is 12.2. The summed E-state index contributed by atoms with van der Waals surface area (Å²) >= 11 is 5.81.